The summed E-state index contributed by atoms with van der Waals surface area (Å²) in [7, 11) is 0. The minimum Gasteiger partial charge on any atom is -0.368 e. The summed E-state index contributed by atoms with van der Waals surface area (Å²) in [6.07, 6.45) is 1.76. The maximum absolute atomic E-state index is 12.8. The van der Waals surface area contributed by atoms with Crippen LogP contribution in [0.3, 0.4) is 0 Å². The third-order valence-electron chi connectivity index (χ3n) is 4.99. The molecule has 1 aromatic heterocycles. The maximum Gasteiger partial charge on any atom is 0.227 e. The number of piperazine rings is 1. The van der Waals surface area contributed by atoms with Gasteiger partial charge in [0, 0.05) is 58.0 Å². The predicted octanol–water partition coefficient (Wildman–Crippen LogP) is 0.274. The molecular weight excluding hydrogens is 320 g/mol. The average Bonchev–Trinajstić information content (AvgIpc) is 2.60. The van der Waals surface area contributed by atoms with Crippen molar-refractivity contribution >= 4 is 23.6 Å². The molecule has 0 saturated carbocycles. The van der Waals surface area contributed by atoms with Gasteiger partial charge in [-0.3, -0.25) is 9.59 Å². The lowest BCUT2D eigenvalue weighted by Gasteiger charge is -2.39. The predicted molar refractivity (Wildman–Crippen MR) is 95.0 cm³/mol. The lowest BCUT2D eigenvalue weighted by atomic mass is 9.96. The van der Waals surface area contributed by atoms with E-state index in [1.165, 1.54) is 0 Å². The molecule has 1 aromatic rings. The summed E-state index contributed by atoms with van der Waals surface area (Å²) in [4.78, 5) is 38.6. The third-order valence-corrected chi connectivity index (χ3v) is 4.99. The Bertz CT molecular complexity index is 636. The van der Waals surface area contributed by atoms with Gasteiger partial charge in [0.25, 0.3) is 0 Å². The van der Waals surface area contributed by atoms with E-state index in [1.54, 1.807) is 11.8 Å². The van der Waals surface area contributed by atoms with E-state index in [1.807, 2.05) is 17.9 Å². The first-order valence-electron chi connectivity index (χ1n) is 8.84. The van der Waals surface area contributed by atoms with Gasteiger partial charge >= 0.3 is 0 Å². The number of nitrogens with zero attached hydrogens (tertiary/aromatic N) is 5. The Balaban J connectivity index is 1.58. The van der Waals surface area contributed by atoms with E-state index in [-0.39, 0.29) is 23.7 Å². The van der Waals surface area contributed by atoms with Crippen LogP contribution in [0, 0.1) is 12.8 Å². The first-order chi connectivity index (χ1) is 11.9. The van der Waals surface area contributed by atoms with Crippen molar-refractivity contribution in [2.45, 2.75) is 26.7 Å². The molecule has 0 aromatic carbocycles. The zero-order chi connectivity index (χ0) is 18.0. The SMILES string of the molecule is CC(=O)N1CCC[C@H](C(=O)N2CCN(c3cc(C)nc(N)n3)CC2)C1. The summed E-state index contributed by atoms with van der Waals surface area (Å²) in [6, 6.07) is 1.92. The number of carbonyl (C=O) groups is 2. The smallest absolute Gasteiger partial charge is 0.227 e. The quantitative estimate of drug-likeness (QED) is 0.826. The second-order valence-electron chi connectivity index (χ2n) is 6.84. The molecule has 0 bridgehead atoms. The van der Waals surface area contributed by atoms with Crippen molar-refractivity contribution < 1.29 is 9.59 Å². The van der Waals surface area contributed by atoms with E-state index >= 15 is 0 Å². The number of carbonyl (C=O) groups excluding carboxylic acids is 2. The van der Waals surface area contributed by atoms with Crippen LogP contribution in [0.25, 0.3) is 0 Å². The molecule has 8 nitrogen and oxygen atoms in total. The van der Waals surface area contributed by atoms with Gasteiger partial charge in [0.15, 0.2) is 0 Å². The fourth-order valence-corrected chi connectivity index (χ4v) is 3.62. The molecule has 136 valence electrons. The van der Waals surface area contributed by atoms with Crippen molar-refractivity contribution in [1.82, 2.24) is 19.8 Å². The monoisotopic (exact) mass is 346 g/mol. The van der Waals surface area contributed by atoms with Gasteiger partial charge in [0.05, 0.1) is 5.92 Å². The number of nitrogen functional groups attached to an aromatic ring is 1. The van der Waals surface area contributed by atoms with Crippen LogP contribution < -0.4 is 10.6 Å². The summed E-state index contributed by atoms with van der Waals surface area (Å²) >= 11 is 0. The van der Waals surface area contributed by atoms with Crippen LogP contribution in [0.1, 0.15) is 25.5 Å². The van der Waals surface area contributed by atoms with E-state index < -0.39 is 0 Å². The summed E-state index contributed by atoms with van der Waals surface area (Å²) in [5, 5.41) is 0. The van der Waals surface area contributed by atoms with Crippen molar-refractivity contribution in [3.05, 3.63) is 11.8 Å². The van der Waals surface area contributed by atoms with Crippen LogP contribution in [0.15, 0.2) is 6.07 Å². The van der Waals surface area contributed by atoms with Gasteiger partial charge in [-0.2, -0.15) is 4.98 Å². The highest BCUT2D eigenvalue weighted by atomic mass is 16.2. The number of nitrogens with two attached hydrogens (primary N) is 1. The molecule has 0 spiro atoms. The van der Waals surface area contributed by atoms with Crippen LogP contribution in [0.2, 0.25) is 0 Å². The van der Waals surface area contributed by atoms with Crippen molar-refractivity contribution in [3.63, 3.8) is 0 Å². The molecule has 0 unspecified atom stereocenters. The second kappa shape index (κ2) is 7.25. The van der Waals surface area contributed by atoms with Crippen LogP contribution in [-0.2, 0) is 9.59 Å². The number of likely N-dealkylation sites (tertiary alicyclic amines) is 1. The van der Waals surface area contributed by atoms with Gasteiger partial charge < -0.3 is 20.4 Å². The van der Waals surface area contributed by atoms with Gasteiger partial charge in [-0.1, -0.05) is 0 Å². The molecule has 1 atom stereocenters. The van der Waals surface area contributed by atoms with E-state index in [0.29, 0.717) is 19.6 Å². The Morgan fingerprint density at radius 3 is 2.48 bits per heavy atom. The topological polar surface area (TPSA) is 95.7 Å². The van der Waals surface area contributed by atoms with E-state index in [0.717, 1.165) is 44.0 Å². The van der Waals surface area contributed by atoms with Gasteiger partial charge in [-0.15, -0.1) is 0 Å². The number of aryl methyl sites for hydroxylation is 1. The third kappa shape index (κ3) is 4.00. The molecule has 0 radical (unpaired) electrons. The lowest BCUT2D eigenvalue weighted by Crippen LogP contribution is -2.53. The molecule has 2 fully saturated rings. The molecule has 25 heavy (non-hydrogen) atoms. The van der Waals surface area contributed by atoms with Crippen LogP contribution in [-0.4, -0.2) is 70.9 Å². The largest absolute Gasteiger partial charge is 0.368 e. The zero-order valence-corrected chi connectivity index (χ0v) is 14.9. The summed E-state index contributed by atoms with van der Waals surface area (Å²) < 4.78 is 0. The summed E-state index contributed by atoms with van der Waals surface area (Å²) in [5.74, 6) is 1.25. The molecular formula is C17H26N6O2. The maximum atomic E-state index is 12.8. The molecule has 2 N–H and O–H groups in total. The van der Waals surface area contributed by atoms with Crippen LogP contribution >= 0.6 is 0 Å². The van der Waals surface area contributed by atoms with Gasteiger partial charge in [0.1, 0.15) is 5.82 Å². The van der Waals surface area contributed by atoms with Crippen LogP contribution in [0.4, 0.5) is 11.8 Å². The second-order valence-corrected chi connectivity index (χ2v) is 6.84. The number of piperidine rings is 1. The molecule has 2 aliphatic heterocycles. The number of aromatic nitrogens is 2. The Morgan fingerprint density at radius 2 is 1.84 bits per heavy atom. The van der Waals surface area contributed by atoms with Crippen LogP contribution in [0.5, 0.6) is 0 Å². The Hall–Kier alpha value is -2.38. The first-order valence-corrected chi connectivity index (χ1v) is 8.84. The number of amides is 2. The van der Waals surface area contributed by atoms with Crippen molar-refractivity contribution in [1.29, 1.82) is 0 Å². The normalized spacial score (nSPS) is 21.4. The minimum atomic E-state index is -0.0684. The van der Waals surface area contributed by atoms with Crippen molar-refractivity contribution in [2.75, 3.05) is 49.9 Å². The Kier molecular flexibility index (Phi) is 5.06. The fraction of sp³-hybridized carbons (Fsp3) is 0.647. The molecule has 0 aliphatic carbocycles. The first kappa shape index (κ1) is 17.4. The average molecular weight is 346 g/mol. The zero-order valence-electron chi connectivity index (χ0n) is 14.9. The molecule has 3 heterocycles. The number of hydrogen-bond donors (Lipinski definition) is 1. The van der Waals surface area contributed by atoms with E-state index in [2.05, 4.69) is 14.9 Å². The number of anilines is 2. The fourth-order valence-electron chi connectivity index (χ4n) is 3.62. The van der Waals surface area contributed by atoms with Gasteiger partial charge in [0.2, 0.25) is 17.8 Å². The van der Waals surface area contributed by atoms with E-state index in [9.17, 15) is 9.59 Å². The van der Waals surface area contributed by atoms with Crippen molar-refractivity contribution in [2.24, 2.45) is 5.92 Å². The summed E-state index contributed by atoms with van der Waals surface area (Å²) in [6.45, 7) is 7.57. The highest BCUT2D eigenvalue weighted by Gasteiger charge is 2.32. The number of hydrogen-bond acceptors (Lipinski definition) is 6. The molecule has 8 heteroatoms. The Labute approximate surface area is 148 Å². The highest BCUT2D eigenvalue weighted by molar-refractivity contribution is 5.81. The lowest BCUT2D eigenvalue weighted by molar-refractivity contribution is -0.140. The molecule has 2 aliphatic rings. The minimum absolute atomic E-state index is 0.0547. The molecule has 2 amide bonds. The standard InChI is InChI=1S/C17H26N6O2/c1-12-10-15(20-17(18)19-12)21-6-8-22(9-7-21)16(25)14-4-3-5-23(11-14)13(2)24/h10,14H,3-9,11H2,1-2H3,(H2,18,19,20)/t14-/m0/s1. The Morgan fingerprint density at radius 1 is 1.12 bits per heavy atom. The van der Waals surface area contributed by atoms with E-state index in [4.69, 9.17) is 5.73 Å². The van der Waals surface area contributed by atoms with Crippen molar-refractivity contribution in [3.8, 4) is 0 Å². The highest BCUT2D eigenvalue weighted by Crippen LogP contribution is 2.21. The molecule has 2 saturated heterocycles. The number of rotatable bonds is 2. The summed E-state index contributed by atoms with van der Waals surface area (Å²) in [5.41, 5.74) is 6.57. The molecule has 3 rings (SSSR count). The van der Waals surface area contributed by atoms with Gasteiger partial charge in [-0.25, -0.2) is 4.98 Å². The van der Waals surface area contributed by atoms with Gasteiger partial charge in [-0.05, 0) is 19.8 Å².